The van der Waals surface area contributed by atoms with Gasteiger partial charge in [0.15, 0.2) is 0 Å². The fraction of sp³-hybridized carbons (Fsp3) is 0.579. The fourth-order valence-electron chi connectivity index (χ4n) is 1.96. The lowest BCUT2D eigenvalue weighted by atomic mass is 9.97. The smallest absolute Gasteiger partial charge is 0.171 e. The van der Waals surface area contributed by atoms with Gasteiger partial charge in [0.05, 0.1) is 6.42 Å². The Balaban J connectivity index is 2.86. The minimum Gasteiger partial charge on any atom is -0.171 e. The molecule has 0 saturated carbocycles. The third kappa shape index (κ3) is 7.26. The summed E-state index contributed by atoms with van der Waals surface area (Å²) in [5.41, 5.74) is 4.31. The Labute approximate surface area is 139 Å². The van der Waals surface area contributed by atoms with Gasteiger partial charge in [-0.15, -0.1) is 11.5 Å². The molecule has 1 aromatic carbocycles. The van der Waals surface area contributed by atoms with Crippen LogP contribution >= 0.6 is 0 Å². The Bertz CT molecular complexity index is 542. The van der Waals surface area contributed by atoms with Crippen molar-refractivity contribution in [2.24, 2.45) is 5.92 Å². The highest BCUT2D eigenvalue weighted by molar-refractivity contribution is 6.87. The van der Waals surface area contributed by atoms with E-state index in [9.17, 15) is 13.2 Å². The van der Waals surface area contributed by atoms with Crippen molar-refractivity contribution in [1.29, 1.82) is 0 Å². The maximum absolute atomic E-state index is 12.8. The van der Waals surface area contributed by atoms with E-state index in [1.54, 1.807) is 0 Å². The van der Waals surface area contributed by atoms with Crippen LogP contribution in [0.2, 0.25) is 18.1 Å². The Hall–Kier alpha value is -1.21. The number of halogens is 3. The summed E-state index contributed by atoms with van der Waals surface area (Å²) in [7, 11) is -1.88. The van der Waals surface area contributed by atoms with Crippen molar-refractivity contribution in [1.82, 2.24) is 0 Å². The molecule has 0 heterocycles. The third-order valence-corrected chi connectivity index (χ3v) is 9.09. The van der Waals surface area contributed by atoms with Crippen LogP contribution in [0.5, 0.6) is 0 Å². The molecule has 0 spiro atoms. The SMILES string of the molecule is CC(C)(C)[Si](C)(C)C#CC(CCc1ccccc1)CC(F)(F)F. The summed E-state index contributed by atoms with van der Waals surface area (Å²) in [6.07, 6.45) is -3.90. The van der Waals surface area contributed by atoms with E-state index in [-0.39, 0.29) is 5.04 Å². The van der Waals surface area contributed by atoms with Crippen LogP contribution in [0, 0.1) is 17.4 Å². The van der Waals surface area contributed by atoms with Gasteiger partial charge in [-0.25, -0.2) is 0 Å². The maximum atomic E-state index is 12.8. The summed E-state index contributed by atoms with van der Waals surface area (Å²) < 4.78 is 38.5. The first-order valence-corrected chi connectivity index (χ1v) is 11.0. The van der Waals surface area contributed by atoms with Gasteiger partial charge in [0.25, 0.3) is 0 Å². The summed E-state index contributed by atoms with van der Waals surface area (Å²) in [6.45, 7) is 10.6. The standard InChI is InChI=1S/C19H27F3Si/c1-18(2,3)23(4,5)14-13-17(15-19(20,21)22)12-11-16-9-7-6-8-10-16/h6-10,17H,11-12,15H2,1-5H3. The molecule has 0 aliphatic carbocycles. The molecule has 4 heteroatoms. The van der Waals surface area contributed by atoms with Crippen LogP contribution in [0.4, 0.5) is 13.2 Å². The minimum absolute atomic E-state index is 0.0578. The predicted octanol–water partition coefficient (Wildman–Crippen LogP) is 6.24. The van der Waals surface area contributed by atoms with Gasteiger partial charge >= 0.3 is 6.18 Å². The molecule has 23 heavy (non-hydrogen) atoms. The quantitative estimate of drug-likeness (QED) is 0.449. The van der Waals surface area contributed by atoms with Crippen LogP contribution in [0.25, 0.3) is 0 Å². The molecule has 1 atom stereocenters. The number of benzene rings is 1. The highest BCUT2D eigenvalue weighted by Gasteiger charge is 2.35. The Morgan fingerprint density at radius 3 is 2.09 bits per heavy atom. The topological polar surface area (TPSA) is 0 Å². The van der Waals surface area contributed by atoms with Crippen LogP contribution in [0.1, 0.15) is 39.2 Å². The predicted molar refractivity (Wildman–Crippen MR) is 93.9 cm³/mol. The Morgan fingerprint density at radius 2 is 1.61 bits per heavy atom. The molecule has 0 aromatic heterocycles. The highest BCUT2D eigenvalue weighted by atomic mass is 28.3. The number of aryl methyl sites for hydroxylation is 1. The van der Waals surface area contributed by atoms with Gasteiger partial charge in [0, 0.05) is 5.92 Å². The van der Waals surface area contributed by atoms with E-state index in [0.29, 0.717) is 12.8 Å². The molecule has 0 amide bonds. The van der Waals surface area contributed by atoms with Crippen molar-refractivity contribution in [2.75, 3.05) is 0 Å². The third-order valence-electron chi connectivity index (χ3n) is 4.57. The molecule has 0 radical (unpaired) electrons. The van der Waals surface area contributed by atoms with Gasteiger partial charge in [-0.05, 0) is 23.4 Å². The molecule has 0 aliphatic heterocycles. The van der Waals surface area contributed by atoms with Gasteiger partial charge in [0.1, 0.15) is 8.07 Å². The second-order valence-corrected chi connectivity index (χ2v) is 12.7. The molecule has 1 unspecified atom stereocenters. The van der Waals surface area contributed by atoms with Crippen molar-refractivity contribution >= 4 is 8.07 Å². The fourth-order valence-corrected chi connectivity index (χ4v) is 2.90. The summed E-state index contributed by atoms with van der Waals surface area (Å²) in [4.78, 5) is 0. The summed E-state index contributed by atoms with van der Waals surface area (Å²) in [5, 5.41) is 0.0578. The highest BCUT2D eigenvalue weighted by Crippen LogP contribution is 2.35. The molecule has 1 rings (SSSR count). The molecular formula is C19H27F3Si. The number of rotatable bonds is 4. The molecule has 0 nitrogen and oxygen atoms in total. The van der Waals surface area contributed by atoms with Crippen LogP contribution in [-0.4, -0.2) is 14.3 Å². The van der Waals surface area contributed by atoms with Gasteiger partial charge in [-0.3, -0.25) is 0 Å². The molecule has 128 valence electrons. The Kier molecular flexibility index (Phi) is 6.53. The van der Waals surface area contributed by atoms with Crippen LogP contribution in [0.3, 0.4) is 0 Å². The number of hydrogen-bond donors (Lipinski definition) is 0. The first-order valence-electron chi connectivity index (χ1n) is 8.04. The average Bonchev–Trinajstić information content (AvgIpc) is 2.40. The average molecular weight is 341 g/mol. The molecule has 0 saturated heterocycles. The van der Waals surface area contributed by atoms with E-state index >= 15 is 0 Å². The van der Waals surface area contributed by atoms with Crippen LogP contribution < -0.4 is 0 Å². The van der Waals surface area contributed by atoms with E-state index in [4.69, 9.17) is 0 Å². The second-order valence-electron chi connectivity index (χ2n) is 7.68. The monoisotopic (exact) mass is 340 g/mol. The summed E-state index contributed by atoms with van der Waals surface area (Å²) in [6, 6.07) is 9.64. The second kappa shape index (κ2) is 7.57. The summed E-state index contributed by atoms with van der Waals surface area (Å²) in [5.74, 6) is 2.36. The van der Waals surface area contributed by atoms with Gasteiger partial charge in [-0.2, -0.15) is 13.2 Å². The van der Waals surface area contributed by atoms with Crippen molar-refractivity contribution in [2.45, 2.75) is 64.3 Å². The minimum atomic E-state index is -4.16. The van der Waals surface area contributed by atoms with E-state index in [2.05, 4.69) is 45.3 Å². The van der Waals surface area contributed by atoms with E-state index < -0.39 is 26.6 Å². The van der Waals surface area contributed by atoms with Crippen molar-refractivity contribution in [3.8, 4) is 11.5 Å². The van der Waals surface area contributed by atoms with Crippen LogP contribution in [-0.2, 0) is 6.42 Å². The first kappa shape index (κ1) is 19.8. The van der Waals surface area contributed by atoms with Gasteiger partial charge in [-0.1, -0.05) is 64.2 Å². The molecular weight excluding hydrogens is 313 g/mol. The maximum Gasteiger partial charge on any atom is 0.390 e. The summed E-state index contributed by atoms with van der Waals surface area (Å²) >= 11 is 0. The van der Waals surface area contributed by atoms with Crippen molar-refractivity contribution < 1.29 is 13.2 Å². The lowest BCUT2D eigenvalue weighted by Gasteiger charge is -2.31. The van der Waals surface area contributed by atoms with Crippen LogP contribution in [0.15, 0.2) is 30.3 Å². The first-order chi connectivity index (χ1) is 10.4. The van der Waals surface area contributed by atoms with Crippen molar-refractivity contribution in [3.63, 3.8) is 0 Å². The lowest BCUT2D eigenvalue weighted by molar-refractivity contribution is -0.140. The van der Waals surface area contributed by atoms with E-state index in [1.165, 1.54) is 0 Å². The van der Waals surface area contributed by atoms with E-state index in [1.807, 2.05) is 30.3 Å². The Morgan fingerprint density at radius 1 is 1.04 bits per heavy atom. The number of hydrogen-bond acceptors (Lipinski definition) is 0. The molecule has 0 fully saturated rings. The zero-order valence-corrected chi connectivity index (χ0v) is 15.7. The molecule has 0 N–H and O–H groups in total. The largest absolute Gasteiger partial charge is 0.390 e. The van der Waals surface area contributed by atoms with Crippen molar-refractivity contribution in [3.05, 3.63) is 35.9 Å². The van der Waals surface area contributed by atoms with Gasteiger partial charge in [0.2, 0.25) is 0 Å². The normalized spacial score (nSPS) is 14.1. The van der Waals surface area contributed by atoms with Gasteiger partial charge < -0.3 is 0 Å². The molecule has 1 aromatic rings. The molecule has 0 aliphatic rings. The molecule has 0 bridgehead atoms. The lowest BCUT2D eigenvalue weighted by Crippen LogP contribution is -2.35. The zero-order chi connectivity index (χ0) is 17.7. The van der Waals surface area contributed by atoms with E-state index in [0.717, 1.165) is 5.56 Å². The zero-order valence-electron chi connectivity index (χ0n) is 14.7. The number of alkyl halides is 3.